The maximum Gasteiger partial charge on any atom is 0.430 e. The molecule has 8 heteroatoms. The van der Waals surface area contributed by atoms with E-state index < -0.39 is 23.5 Å². The van der Waals surface area contributed by atoms with Gasteiger partial charge in [0.2, 0.25) is 0 Å². The molecule has 2 nitrogen and oxygen atoms in total. The second kappa shape index (κ2) is 7.68. The maximum atomic E-state index is 13.1. The molecule has 0 radical (unpaired) electrons. The number of halogens is 6. The van der Waals surface area contributed by atoms with Crippen LogP contribution in [0.3, 0.4) is 0 Å². The van der Waals surface area contributed by atoms with Crippen LogP contribution >= 0.6 is 0 Å². The van der Waals surface area contributed by atoms with Gasteiger partial charge in [-0.15, -0.1) is 0 Å². The molecule has 0 bridgehead atoms. The Morgan fingerprint density at radius 2 is 1.20 bits per heavy atom. The molecule has 0 aliphatic carbocycles. The zero-order chi connectivity index (χ0) is 22.2. The van der Waals surface area contributed by atoms with Crippen LogP contribution in [0, 0.1) is 0 Å². The third kappa shape index (κ3) is 3.75. The third-order valence-electron chi connectivity index (χ3n) is 4.74. The van der Waals surface area contributed by atoms with E-state index in [1.54, 1.807) is 42.5 Å². The zero-order valence-electron chi connectivity index (χ0n) is 15.6. The van der Waals surface area contributed by atoms with Gasteiger partial charge in [0, 0.05) is 5.56 Å². The van der Waals surface area contributed by atoms with Gasteiger partial charge in [0.15, 0.2) is 0 Å². The first-order chi connectivity index (χ1) is 14.0. The average Bonchev–Trinajstić information content (AvgIpc) is 2.71. The largest absolute Gasteiger partial charge is 0.497 e. The highest BCUT2D eigenvalue weighted by atomic mass is 19.4. The molecule has 3 aromatic carbocycles. The van der Waals surface area contributed by atoms with Crippen LogP contribution < -0.4 is 4.74 Å². The minimum Gasteiger partial charge on any atom is -0.497 e. The lowest BCUT2D eigenvalue weighted by Gasteiger charge is -2.32. The summed E-state index contributed by atoms with van der Waals surface area (Å²) in [6.45, 7) is 0. The summed E-state index contributed by atoms with van der Waals surface area (Å²) in [7, 11) is 1.51. The fraction of sp³-hybridized carbons (Fsp3) is 0.182. The molecule has 0 heterocycles. The van der Waals surface area contributed by atoms with Crippen LogP contribution in [-0.2, 0) is 5.60 Å². The Kier molecular flexibility index (Phi) is 5.56. The topological polar surface area (TPSA) is 29.5 Å². The number of rotatable bonds is 4. The number of benzene rings is 3. The monoisotopic (exact) mass is 426 g/mol. The average molecular weight is 426 g/mol. The molecular formula is C22H16F6O2. The Morgan fingerprint density at radius 3 is 1.70 bits per heavy atom. The fourth-order valence-electron chi connectivity index (χ4n) is 3.16. The van der Waals surface area contributed by atoms with Gasteiger partial charge in [-0.1, -0.05) is 60.7 Å². The summed E-state index contributed by atoms with van der Waals surface area (Å²) in [5.74, 6) is 0.595. The molecule has 0 spiro atoms. The highest BCUT2D eigenvalue weighted by molar-refractivity contribution is 5.83. The Bertz CT molecular complexity index is 1010. The summed E-state index contributed by atoms with van der Waals surface area (Å²) < 4.78 is 83.7. The molecule has 0 aliphatic rings. The van der Waals surface area contributed by atoms with Gasteiger partial charge in [0.05, 0.1) is 7.11 Å². The predicted octanol–water partition coefficient (Wildman–Crippen LogP) is 6.34. The quantitative estimate of drug-likeness (QED) is 0.493. The Morgan fingerprint density at radius 1 is 0.667 bits per heavy atom. The molecule has 30 heavy (non-hydrogen) atoms. The molecule has 0 saturated heterocycles. The molecule has 1 N–H and O–H groups in total. The Balaban J connectivity index is 2.08. The molecule has 3 aromatic rings. The predicted molar refractivity (Wildman–Crippen MR) is 99.9 cm³/mol. The second-order valence-corrected chi connectivity index (χ2v) is 6.56. The number of hydrogen-bond donors (Lipinski definition) is 1. The van der Waals surface area contributed by atoms with E-state index in [1.807, 2.05) is 6.07 Å². The molecule has 0 atom stereocenters. The molecular weight excluding hydrogens is 410 g/mol. The number of methoxy groups -OCH3 is 1. The summed E-state index contributed by atoms with van der Waals surface area (Å²) in [5.41, 5.74) is -3.79. The molecule has 3 rings (SSSR count). The van der Waals surface area contributed by atoms with E-state index in [4.69, 9.17) is 4.74 Å². The van der Waals surface area contributed by atoms with E-state index in [-0.39, 0.29) is 0 Å². The van der Waals surface area contributed by atoms with Crippen molar-refractivity contribution in [2.24, 2.45) is 0 Å². The fourth-order valence-corrected chi connectivity index (χ4v) is 3.16. The van der Waals surface area contributed by atoms with Crippen LogP contribution in [0.4, 0.5) is 26.3 Å². The number of aliphatic hydroxyl groups is 1. The van der Waals surface area contributed by atoms with Crippen molar-refractivity contribution in [3.05, 3.63) is 78.4 Å². The minimum absolute atomic E-state index is 0.392. The van der Waals surface area contributed by atoms with Gasteiger partial charge in [-0.3, -0.25) is 0 Å². The van der Waals surface area contributed by atoms with Crippen LogP contribution in [-0.4, -0.2) is 24.6 Å². The summed E-state index contributed by atoms with van der Waals surface area (Å²) in [6, 6.07) is 17.5. The summed E-state index contributed by atoms with van der Waals surface area (Å²) in [5, 5.41) is 9.54. The third-order valence-corrected chi connectivity index (χ3v) is 4.74. The lowest BCUT2D eigenvalue weighted by molar-refractivity contribution is -0.376. The van der Waals surface area contributed by atoms with Gasteiger partial charge in [0.1, 0.15) is 5.75 Å². The van der Waals surface area contributed by atoms with Crippen molar-refractivity contribution < 1.29 is 36.2 Å². The zero-order valence-corrected chi connectivity index (χ0v) is 15.6. The number of hydrogen-bond acceptors (Lipinski definition) is 2. The molecule has 0 aliphatic heterocycles. The van der Waals surface area contributed by atoms with Crippen molar-refractivity contribution in [1.82, 2.24) is 0 Å². The van der Waals surface area contributed by atoms with Gasteiger partial charge in [-0.05, 0) is 34.4 Å². The van der Waals surface area contributed by atoms with Gasteiger partial charge in [0.25, 0.3) is 5.60 Å². The molecule has 0 aromatic heterocycles. The first-order valence-electron chi connectivity index (χ1n) is 8.69. The van der Waals surface area contributed by atoms with E-state index in [0.29, 0.717) is 34.6 Å². The SMILES string of the molecule is COc1cccc(-c2ccccc2-c2ccc(C(O)(C(F)(F)F)C(F)(F)F)cc2)c1. The first-order valence-corrected chi connectivity index (χ1v) is 8.69. The molecule has 0 fully saturated rings. The normalized spacial score (nSPS) is 12.7. The van der Waals surface area contributed by atoms with Gasteiger partial charge in [-0.2, -0.15) is 26.3 Å². The number of alkyl halides is 6. The highest BCUT2D eigenvalue weighted by Crippen LogP contribution is 2.50. The maximum absolute atomic E-state index is 13.1. The van der Waals surface area contributed by atoms with Crippen LogP contribution in [0.15, 0.2) is 72.8 Å². The smallest absolute Gasteiger partial charge is 0.430 e. The lowest BCUT2D eigenvalue weighted by atomic mass is 9.89. The van der Waals surface area contributed by atoms with Crippen molar-refractivity contribution in [2.45, 2.75) is 18.0 Å². The molecule has 0 unspecified atom stereocenters. The van der Waals surface area contributed by atoms with Gasteiger partial charge >= 0.3 is 12.4 Å². The van der Waals surface area contributed by atoms with E-state index in [0.717, 1.165) is 17.7 Å². The highest BCUT2D eigenvalue weighted by Gasteiger charge is 2.71. The number of ether oxygens (including phenoxy) is 1. The Labute approximate surface area is 168 Å². The van der Waals surface area contributed by atoms with Crippen LogP contribution in [0.25, 0.3) is 22.3 Å². The lowest BCUT2D eigenvalue weighted by Crippen LogP contribution is -2.53. The van der Waals surface area contributed by atoms with Gasteiger partial charge in [-0.25, -0.2) is 0 Å². The summed E-state index contributed by atoms with van der Waals surface area (Å²) >= 11 is 0. The van der Waals surface area contributed by atoms with Crippen molar-refractivity contribution in [2.75, 3.05) is 7.11 Å². The Hall–Kier alpha value is -3.00. The van der Waals surface area contributed by atoms with Crippen LogP contribution in [0.5, 0.6) is 5.75 Å². The first kappa shape index (κ1) is 21.7. The van der Waals surface area contributed by atoms with E-state index in [9.17, 15) is 31.4 Å². The van der Waals surface area contributed by atoms with Gasteiger partial charge < -0.3 is 9.84 Å². The standard InChI is InChI=1S/C22H16F6O2/c1-30-17-6-4-5-15(13-17)19-8-3-2-7-18(19)14-9-11-16(12-10-14)20(29,21(23,24)25)22(26,27)28/h2-13,29H,1H3. The summed E-state index contributed by atoms with van der Waals surface area (Å²) in [4.78, 5) is 0. The second-order valence-electron chi connectivity index (χ2n) is 6.56. The molecule has 0 amide bonds. The van der Waals surface area contributed by atoms with E-state index in [1.165, 1.54) is 7.11 Å². The summed E-state index contributed by atoms with van der Waals surface area (Å²) in [6.07, 6.45) is -11.9. The van der Waals surface area contributed by atoms with Crippen LogP contribution in [0.2, 0.25) is 0 Å². The molecule has 158 valence electrons. The van der Waals surface area contributed by atoms with Crippen LogP contribution in [0.1, 0.15) is 5.56 Å². The van der Waals surface area contributed by atoms with E-state index >= 15 is 0 Å². The van der Waals surface area contributed by atoms with Crippen molar-refractivity contribution >= 4 is 0 Å². The van der Waals surface area contributed by atoms with Crippen molar-refractivity contribution in [3.63, 3.8) is 0 Å². The minimum atomic E-state index is -5.93. The van der Waals surface area contributed by atoms with Crippen molar-refractivity contribution in [3.8, 4) is 28.0 Å². The van der Waals surface area contributed by atoms with E-state index in [2.05, 4.69) is 0 Å². The molecule has 0 saturated carbocycles. The van der Waals surface area contributed by atoms with Crippen molar-refractivity contribution in [1.29, 1.82) is 0 Å².